The molecule has 0 fully saturated rings. The third kappa shape index (κ3) is 3.28. The van der Waals surface area contributed by atoms with E-state index >= 15 is 0 Å². The number of carbonyl (C=O) groups is 1. The molecule has 1 aromatic heterocycles. The highest BCUT2D eigenvalue weighted by Crippen LogP contribution is 2.23. The lowest BCUT2D eigenvalue weighted by Gasteiger charge is -2.07. The largest absolute Gasteiger partial charge is 0.494 e. The average molecular weight is 258 g/mol. The standard InChI is InChI=1S/C14H14N2O3/c1-2-19-12-5-3-10(4-6-12)14-11(7-13(17)18)8-15-9-16-14/h3-6,8-9H,2,7H2,1H3,(H,17,18). The van der Waals surface area contributed by atoms with E-state index in [1.54, 1.807) is 0 Å². The summed E-state index contributed by atoms with van der Waals surface area (Å²) in [6.45, 7) is 2.53. The maximum absolute atomic E-state index is 10.8. The fourth-order valence-electron chi connectivity index (χ4n) is 1.79. The van der Waals surface area contributed by atoms with Gasteiger partial charge < -0.3 is 9.84 Å². The lowest BCUT2D eigenvalue weighted by Crippen LogP contribution is -2.03. The summed E-state index contributed by atoms with van der Waals surface area (Å²) in [5.41, 5.74) is 2.08. The number of rotatable bonds is 5. The van der Waals surface area contributed by atoms with Crippen molar-refractivity contribution in [2.75, 3.05) is 6.61 Å². The number of aromatic nitrogens is 2. The normalized spacial score (nSPS) is 10.2. The van der Waals surface area contributed by atoms with Crippen molar-refractivity contribution in [2.24, 2.45) is 0 Å². The van der Waals surface area contributed by atoms with Gasteiger partial charge in [0.25, 0.3) is 0 Å². The second kappa shape index (κ2) is 5.95. The van der Waals surface area contributed by atoms with Crippen LogP contribution in [0.25, 0.3) is 11.3 Å². The van der Waals surface area contributed by atoms with Gasteiger partial charge in [0.15, 0.2) is 0 Å². The first kappa shape index (κ1) is 13.0. The summed E-state index contributed by atoms with van der Waals surface area (Å²) in [6.07, 6.45) is 2.85. The lowest BCUT2D eigenvalue weighted by atomic mass is 10.1. The SMILES string of the molecule is CCOc1ccc(-c2ncncc2CC(=O)O)cc1. The van der Waals surface area contributed by atoms with Gasteiger partial charge in [0, 0.05) is 17.3 Å². The van der Waals surface area contributed by atoms with Crippen molar-refractivity contribution in [3.05, 3.63) is 42.4 Å². The molecule has 98 valence electrons. The van der Waals surface area contributed by atoms with Crippen LogP contribution in [0, 0.1) is 0 Å². The molecule has 0 aliphatic heterocycles. The number of aliphatic carboxylic acids is 1. The van der Waals surface area contributed by atoms with Crippen LogP contribution in [0.2, 0.25) is 0 Å². The molecule has 2 rings (SSSR count). The summed E-state index contributed by atoms with van der Waals surface area (Å²) in [7, 11) is 0. The molecule has 0 radical (unpaired) electrons. The van der Waals surface area contributed by atoms with Crippen molar-refractivity contribution >= 4 is 5.97 Å². The molecule has 0 unspecified atom stereocenters. The third-order valence-corrected chi connectivity index (χ3v) is 2.57. The summed E-state index contributed by atoms with van der Waals surface area (Å²) in [6, 6.07) is 7.40. The highest BCUT2D eigenvalue weighted by Gasteiger charge is 2.10. The van der Waals surface area contributed by atoms with E-state index in [0.29, 0.717) is 17.9 Å². The Morgan fingerprint density at radius 3 is 2.68 bits per heavy atom. The fraction of sp³-hybridized carbons (Fsp3) is 0.214. The number of carboxylic acids is 1. The molecule has 1 heterocycles. The maximum atomic E-state index is 10.8. The number of carboxylic acid groups (broad SMARTS) is 1. The van der Waals surface area contributed by atoms with Crippen LogP contribution in [0.1, 0.15) is 12.5 Å². The van der Waals surface area contributed by atoms with E-state index in [2.05, 4.69) is 9.97 Å². The molecular formula is C14H14N2O3. The minimum absolute atomic E-state index is 0.0939. The van der Waals surface area contributed by atoms with Crippen LogP contribution in [-0.2, 0) is 11.2 Å². The van der Waals surface area contributed by atoms with E-state index in [-0.39, 0.29) is 6.42 Å². The van der Waals surface area contributed by atoms with Crippen molar-refractivity contribution in [1.82, 2.24) is 9.97 Å². The number of ether oxygens (including phenoxy) is 1. The van der Waals surface area contributed by atoms with Gasteiger partial charge in [0.05, 0.1) is 18.7 Å². The number of nitrogens with zero attached hydrogens (tertiary/aromatic N) is 2. The van der Waals surface area contributed by atoms with Gasteiger partial charge in [-0.1, -0.05) is 0 Å². The summed E-state index contributed by atoms with van der Waals surface area (Å²) in [4.78, 5) is 18.9. The van der Waals surface area contributed by atoms with Gasteiger partial charge in [-0.25, -0.2) is 9.97 Å². The number of hydrogen-bond acceptors (Lipinski definition) is 4. The Kier molecular flexibility index (Phi) is 4.07. The molecule has 0 saturated heterocycles. The third-order valence-electron chi connectivity index (χ3n) is 2.57. The van der Waals surface area contributed by atoms with Gasteiger partial charge >= 0.3 is 5.97 Å². The quantitative estimate of drug-likeness (QED) is 0.889. The molecule has 0 aliphatic carbocycles. The van der Waals surface area contributed by atoms with Crippen LogP contribution < -0.4 is 4.74 Å². The Morgan fingerprint density at radius 1 is 1.32 bits per heavy atom. The minimum Gasteiger partial charge on any atom is -0.494 e. The van der Waals surface area contributed by atoms with Crippen LogP contribution in [0.15, 0.2) is 36.8 Å². The number of benzene rings is 1. The Morgan fingerprint density at radius 2 is 2.05 bits per heavy atom. The smallest absolute Gasteiger partial charge is 0.307 e. The van der Waals surface area contributed by atoms with Crippen LogP contribution >= 0.6 is 0 Å². The molecule has 2 aromatic rings. The van der Waals surface area contributed by atoms with Crippen LogP contribution in [0.4, 0.5) is 0 Å². The highest BCUT2D eigenvalue weighted by atomic mass is 16.5. The first-order valence-corrected chi connectivity index (χ1v) is 5.94. The zero-order valence-corrected chi connectivity index (χ0v) is 10.5. The monoisotopic (exact) mass is 258 g/mol. The molecule has 0 atom stereocenters. The van der Waals surface area contributed by atoms with Crippen LogP contribution in [0.3, 0.4) is 0 Å². The van der Waals surface area contributed by atoms with Gasteiger partial charge in [0.2, 0.25) is 0 Å². The van der Waals surface area contributed by atoms with Crippen LogP contribution in [0.5, 0.6) is 5.75 Å². The highest BCUT2D eigenvalue weighted by molar-refractivity contribution is 5.74. The molecule has 1 aromatic carbocycles. The molecule has 1 N–H and O–H groups in total. The average Bonchev–Trinajstić information content (AvgIpc) is 2.40. The van der Waals surface area contributed by atoms with Gasteiger partial charge in [-0.05, 0) is 31.2 Å². The minimum atomic E-state index is -0.901. The van der Waals surface area contributed by atoms with E-state index in [1.165, 1.54) is 12.5 Å². The Balaban J connectivity index is 2.32. The van der Waals surface area contributed by atoms with Crippen molar-refractivity contribution < 1.29 is 14.6 Å². The first-order chi connectivity index (χ1) is 9.20. The maximum Gasteiger partial charge on any atom is 0.307 e. The molecule has 0 aliphatic rings. The van der Waals surface area contributed by atoms with E-state index in [0.717, 1.165) is 11.3 Å². The molecule has 5 nitrogen and oxygen atoms in total. The molecule has 0 amide bonds. The Hall–Kier alpha value is -2.43. The van der Waals surface area contributed by atoms with Gasteiger partial charge in [0.1, 0.15) is 12.1 Å². The van der Waals surface area contributed by atoms with Gasteiger partial charge in [-0.3, -0.25) is 4.79 Å². The number of hydrogen-bond donors (Lipinski definition) is 1. The van der Waals surface area contributed by atoms with E-state index in [9.17, 15) is 4.79 Å². The summed E-state index contributed by atoms with van der Waals surface area (Å²) in [5.74, 6) is -0.123. The van der Waals surface area contributed by atoms with E-state index in [4.69, 9.17) is 9.84 Å². The van der Waals surface area contributed by atoms with Gasteiger partial charge in [-0.15, -0.1) is 0 Å². The lowest BCUT2D eigenvalue weighted by molar-refractivity contribution is -0.136. The van der Waals surface area contributed by atoms with Crippen molar-refractivity contribution in [2.45, 2.75) is 13.3 Å². The molecule has 0 spiro atoms. The molecule has 0 bridgehead atoms. The zero-order chi connectivity index (χ0) is 13.7. The summed E-state index contributed by atoms with van der Waals surface area (Å²) >= 11 is 0. The molecule has 19 heavy (non-hydrogen) atoms. The molecule has 5 heteroatoms. The predicted molar refractivity (Wildman–Crippen MR) is 70.0 cm³/mol. The van der Waals surface area contributed by atoms with Crippen LogP contribution in [-0.4, -0.2) is 27.7 Å². The predicted octanol–water partition coefficient (Wildman–Crippen LogP) is 2.17. The molecular weight excluding hydrogens is 244 g/mol. The van der Waals surface area contributed by atoms with Gasteiger partial charge in [-0.2, -0.15) is 0 Å². The second-order valence-corrected chi connectivity index (χ2v) is 3.92. The first-order valence-electron chi connectivity index (χ1n) is 5.94. The zero-order valence-electron chi connectivity index (χ0n) is 10.5. The fourth-order valence-corrected chi connectivity index (χ4v) is 1.79. The topological polar surface area (TPSA) is 72.3 Å². The van der Waals surface area contributed by atoms with E-state index < -0.39 is 5.97 Å². The summed E-state index contributed by atoms with van der Waals surface area (Å²) < 4.78 is 5.36. The van der Waals surface area contributed by atoms with Crippen molar-refractivity contribution in [1.29, 1.82) is 0 Å². The van der Waals surface area contributed by atoms with Crippen molar-refractivity contribution in [3.8, 4) is 17.0 Å². The van der Waals surface area contributed by atoms with E-state index in [1.807, 2.05) is 31.2 Å². The second-order valence-electron chi connectivity index (χ2n) is 3.92. The molecule has 0 saturated carbocycles. The Bertz CT molecular complexity index is 567. The summed E-state index contributed by atoms with van der Waals surface area (Å²) in [5, 5.41) is 8.88. The van der Waals surface area contributed by atoms with Crippen molar-refractivity contribution in [3.63, 3.8) is 0 Å². The Labute approximate surface area is 110 Å².